The summed E-state index contributed by atoms with van der Waals surface area (Å²) in [5, 5.41) is 7.05. The molecule has 0 spiro atoms. The van der Waals surface area contributed by atoms with E-state index in [1.165, 1.54) is 0 Å². The number of hydrazone groups is 1. The summed E-state index contributed by atoms with van der Waals surface area (Å²) in [6, 6.07) is 12.4. The summed E-state index contributed by atoms with van der Waals surface area (Å²) in [5.74, 6) is -0.104. The van der Waals surface area contributed by atoms with Gasteiger partial charge in [0.1, 0.15) is 5.75 Å². The molecule has 2 N–H and O–H groups in total. The Morgan fingerprint density at radius 2 is 1.93 bits per heavy atom. The minimum absolute atomic E-state index is 0.0261. The van der Waals surface area contributed by atoms with Crippen LogP contribution in [0, 0.1) is 6.92 Å². The fraction of sp³-hybridized carbons (Fsp3) is 0.211. The third-order valence-corrected chi connectivity index (χ3v) is 4.65. The molecule has 0 aromatic heterocycles. The van der Waals surface area contributed by atoms with Gasteiger partial charge in [0.25, 0.3) is 5.91 Å². The van der Waals surface area contributed by atoms with Crippen LogP contribution in [0.5, 0.6) is 5.75 Å². The molecule has 0 bridgehead atoms. The summed E-state index contributed by atoms with van der Waals surface area (Å²) in [4.78, 5) is 23.8. The molecule has 2 rings (SSSR count). The number of halogens is 2. The van der Waals surface area contributed by atoms with Gasteiger partial charge in [-0.15, -0.1) is 0 Å². The Morgan fingerprint density at radius 1 is 1.19 bits per heavy atom. The minimum Gasteiger partial charge on any atom is -0.484 e. The van der Waals surface area contributed by atoms with Gasteiger partial charge in [0, 0.05) is 10.2 Å². The van der Waals surface area contributed by atoms with Crippen LogP contribution >= 0.6 is 27.5 Å². The number of hydrogen-bond donors (Lipinski definition) is 2. The zero-order valence-corrected chi connectivity index (χ0v) is 17.2. The molecule has 142 valence electrons. The smallest absolute Gasteiger partial charge is 0.277 e. The predicted octanol–water partition coefficient (Wildman–Crippen LogP) is 4.31. The second kappa shape index (κ2) is 10.1. The van der Waals surface area contributed by atoms with Gasteiger partial charge >= 0.3 is 0 Å². The highest BCUT2D eigenvalue weighted by molar-refractivity contribution is 9.10. The van der Waals surface area contributed by atoms with Crippen molar-refractivity contribution >= 4 is 50.7 Å². The molecular formula is C19H19BrClN3O3. The summed E-state index contributed by atoms with van der Waals surface area (Å²) < 4.78 is 6.38. The lowest BCUT2D eigenvalue weighted by Gasteiger charge is -2.08. The first-order valence-electron chi connectivity index (χ1n) is 8.10. The number of carbonyl (C=O) groups is 2. The van der Waals surface area contributed by atoms with Crippen LogP contribution in [0.4, 0.5) is 5.69 Å². The quantitative estimate of drug-likeness (QED) is 0.485. The van der Waals surface area contributed by atoms with Crippen molar-refractivity contribution in [3.05, 3.63) is 57.5 Å². The Morgan fingerprint density at radius 3 is 2.63 bits per heavy atom. The monoisotopic (exact) mass is 451 g/mol. The average molecular weight is 453 g/mol. The lowest BCUT2D eigenvalue weighted by atomic mass is 10.2. The van der Waals surface area contributed by atoms with Crippen LogP contribution in [0.1, 0.15) is 18.9 Å². The Labute approximate surface area is 171 Å². The SMILES string of the molecule is C/C(CC(=O)Nc1ccccc1Cl)=N/NC(=O)COc1ccc(Br)c(C)c1. The molecule has 2 amide bonds. The Hall–Kier alpha value is -2.38. The molecule has 0 radical (unpaired) electrons. The molecule has 6 nitrogen and oxygen atoms in total. The molecule has 2 aromatic rings. The Kier molecular flexibility index (Phi) is 7.82. The van der Waals surface area contributed by atoms with Crippen molar-refractivity contribution in [1.29, 1.82) is 0 Å². The van der Waals surface area contributed by atoms with Crippen LogP contribution in [0.2, 0.25) is 5.02 Å². The summed E-state index contributed by atoms with van der Waals surface area (Å²) in [6.45, 7) is 3.40. The minimum atomic E-state index is -0.415. The molecule has 8 heteroatoms. The van der Waals surface area contributed by atoms with Crippen LogP contribution in [-0.4, -0.2) is 24.1 Å². The lowest BCUT2D eigenvalue weighted by Crippen LogP contribution is -2.26. The summed E-state index contributed by atoms with van der Waals surface area (Å²) in [5.41, 5.74) is 4.35. The van der Waals surface area contributed by atoms with Crippen LogP contribution in [0.3, 0.4) is 0 Å². The van der Waals surface area contributed by atoms with Crippen molar-refractivity contribution in [2.45, 2.75) is 20.3 Å². The van der Waals surface area contributed by atoms with Crippen molar-refractivity contribution in [2.75, 3.05) is 11.9 Å². The molecule has 27 heavy (non-hydrogen) atoms. The van der Waals surface area contributed by atoms with E-state index in [9.17, 15) is 9.59 Å². The van der Waals surface area contributed by atoms with E-state index in [0.717, 1.165) is 10.0 Å². The van der Waals surface area contributed by atoms with E-state index >= 15 is 0 Å². The maximum absolute atomic E-state index is 12.0. The maximum atomic E-state index is 12.0. The van der Waals surface area contributed by atoms with Crippen molar-refractivity contribution in [2.24, 2.45) is 5.10 Å². The molecule has 0 saturated carbocycles. The van der Waals surface area contributed by atoms with Crippen LogP contribution in [0.15, 0.2) is 52.0 Å². The fourth-order valence-corrected chi connectivity index (χ4v) is 2.50. The third-order valence-electron chi connectivity index (χ3n) is 3.44. The van der Waals surface area contributed by atoms with E-state index in [1.807, 2.05) is 19.1 Å². The number of anilines is 1. The zero-order valence-electron chi connectivity index (χ0n) is 14.9. The lowest BCUT2D eigenvalue weighted by molar-refractivity contribution is -0.123. The molecule has 0 unspecified atom stereocenters. The largest absolute Gasteiger partial charge is 0.484 e. The number of carbonyl (C=O) groups excluding carboxylic acids is 2. The van der Waals surface area contributed by atoms with Gasteiger partial charge in [0.05, 0.1) is 17.1 Å². The molecule has 0 aliphatic heterocycles. The summed E-state index contributed by atoms with van der Waals surface area (Å²) >= 11 is 9.39. The van der Waals surface area contributed by atoms with E-state index in [2.05, 4.69) is 31.8 Å². The van der Waals surface area contributed by atoms with Crippen LogP contribution in [0.25, 0.3) is 0 Å². The maximum Gasteiger partial charge on any atom is 0.277 e. The Balaban J connectivity index is 1.78. The highest BCUT2D eigenvalue weighted by Gasteiger charge is 2.08. The van der Waals surface area contributed by atoms with E-state index < -0.39 is 5.91 Å². The second-order valence-corrected chi connectivity index (χ2v) is 7.05. The average Bonchev–Trinajstić information content (AvgIpc) is 2.63. The van der Waals surface area contributed by atoms with Crippen molar-refractivity contribution in [1.82, 2.24) is 5.43 Å². The molecule has 0 fully saturated rings. The van der Waals surface area contributed by atoms with Gasteiger partial charge in [-0.25, -0.2) is 5.43 Å². The number of amides is 2. The van der Waals surface area contributed by atoms with E-state index in [0.29, 0.717) is 22.2 Å². The fourth-order valence-electron chi connectivity index (χ4n) is 2.07. The number of rotatable bonds is 7. The van der Waals surface area contributed by atoms with Crippen LogP contribution < -0.4 is 15.5 Å². The van der Waals surface area contributed by atoms with Gasteiger partial charge in [-0.1, -0.05) is 39.7 Å². The Bertz CT molecular complexity index is 871. The molecule has 0 aliphatic rings. The third kappa shape index (κ3) is 7.03. The molecule has 0 heterocycles. The van der Waals surface area contributed by atoms with Crippen molar-refractivity contribution in [3.8, 4) is 5.75 Å². The summed E-state index contributed by atoms with van der Waals surface area (Å²) in [7, 11) is 0. The number of nitrogens with one attached hydrogen (secondary N) is 2. The first kappa shape index (κ1) is 20.9. The number of ether oxygens (including phenoxy) is 1. The molecule has 0 aliphatic carbocycles. The van der Waals surface area contributed by atoms with Gasteiger partial charge in [0.15, 0.2) is 6.61 Å². The van der Waals surface area contributed by atoms with Gasteiger partial charge in [-0.2, -0.15) is 5.10 Å². The molecular weight excluding hydrogens is 434 g/mol. The number of para-hydroxylation sites is 1. The molecule has 0 atom stereocenters. The molecule has 0 saturated heterocycles. The second-order valence-electron chi connectivity index (χ2n) is 5.79. The number of hydrogen-bond acceptors (Lipinski definition) is 4. The van der Waals surface area contributed by atoms with Crippen LogP contribution in [-0.2, 0) is 9.59 Å². The van der Waals surface area contributed by atoms with Crippen molar-refractivity contribution in [3.63, 3.8) is 0 Å². The normalized spacial score (nSPS) is 11.0. The number of aryl methyl sites for hydroxylation is 1. The van der Waals surface area contributed by atoms with Gasteiger partial charge < -0.3 is 10.1 Å². The van der Waals surface area contributed by atoms with Gasteiger partial charge in [-0.3, -0.25) is 9.59 Å². The molecule has 2 aromatic carbocycles. The summed E-state index contributed by atoms with van der Waals surface area (Å²) in [6.07, 6.45) is 0.0261. The predicted molar refractivity (Wildman–Crippen MR) is 110 cm³/mol. The highest BCUT2D eigenvalue weighted by atomic mass is 79.9. The number of nitrogens with zero attached hydrogens (tertiary/aromatic N) is 1. The van der Waals surface area contributed by atoms with E-state index in [-0.39, 0.29) is 18.9 Å². The zero-order chi connectivity index (χ0) is 19.8. The first-order valence-corrected chi connectivity index (χ1v) is 9.27. The van der Waals surface area contributed by atoms with E-state index in [4.69, 9.17) is 16.3 Å². The highest BCUT2D eigenvalue weighted by Crippen LogP contribution is 2.21. The van der Waals surface area contributed by atoms with Gasteiger partial charge in [0.2, 0.25) is 5.91 Å². The standard InChI is InChI=1S/C19H19BrClN3O3/c1-12-9-14(7-8-15(12)20)27-11-19(26)24-23-13(2)10-18(25)22-17-6-4-3-5-16(17)21/h3-9H,10-11H2,1-2H3,(H,22,25)(H,24,26)/b23-13-. The van der Waals surface area contributed by atoms with Crippen molar-refractivity contribution < 1.29 is 14.3 Å². The topological polar surface area (TPSA) is 79.8 Å². The van der Waals surface area contributed by atoms with Gasteiger partial charge in [-0.05, 0) is 49.7 Å². The first-order chi connectivity index (χ1) is 12.8. The van der Waals surface area contributed by atoms with E-state index in [1.54, 1.807) is 37.3 Å². The number of benzene rings is 2.